The molecule has 0 aliphatic rings. The summed E-state index contributed by atoms with van der Waals surface area (Å²) in [6.07, 6.45) is 9.49. The summed E-state index contributed by atoms with van der Waals surface area (Å²) in [6, 6.07) is 0. The van der Waals surface area contributed by atoms with Gasteiger partial charge in [-0.3, -0.25) is 0 Å². The van der Waals surface area contributed by atoms with Gasteiger partial charge in [0, 0.05) is 23.0 Å². The molecule has 86 valence electrons. The lowest BCUT2D eigenvalue weighted by atomic mass is 10.1. The first-order chi connectivity index (χ1) is 7.48. The predicted molar refractivity (Wildman–Crippen MR) is 73.5 cm³/mol. The van der Waals surface area contributed by atoms with Crippen LogP contribution < -0.4 is 5.32 Å². The molecule has 0 saturated heterocycles. The van der Waals surface area contributed by atoms with Crippen LogP contribution in [0.1, 0.15) is 32.0 Å². The third-order valence-electron chi connectivity index (χ3n) is 2.07. The van der Waals surface area contributed by atoms with Crippen LogP contribution in [0.25, 0.3) is 12.2 Å². The maximum Gasteiger partial charge on any atom is 0.0601 e. The Morgan fingerprint density at radius 2 is 2.00 bits per heavy atom. The average Bonchev–Trinajstić information content (AvgIpc) is 2.55. The molecule has 1 rings (SSSR count). The zero-order valence-corrected chi connectivity index (χ0v) is 10.3. The van der Waals surface area contributed by atoms with Gasteiger partial charge in [0.2, 0.25) is 0 Å². The summed E-state index contributed by atoms with van der Waals surface area (Å²) in [5.41, 5.74) is 3.26. The second kappa shape index (κ2) is 4.88. The first kappa shape index (κ1) is 12.4. The van der Waals surface area contributed by atoms with Crippen molar-refractivity contribution in [3.63, 3.8) is 0 Å². The molecule has 1 aromatic heterocycles. The van der Waals surface area contributed by atoms with Crippen molar-refractivity contribution in [1.29, 1.82) is 0 Å². The van der Waals surface area contributed by atoms with Crippen LogP contribution in [-0.2, 0) is 0 Å². The van der Waals surface area contributed by atoms with Crippen LogP contribution >= 0.6 is 0 Å². The van der Waals surface area contributed by atoms with Gasteiger partial charge in [-0.1, -0.05) is 31.4 Å². The van der Waals surface area contributed by atoms with Gasteiger partial charge in [-0.2, -0.15) is 0 Å². The zero-order chi connectivity index (χ0) is 12.2. The lowest BCUT2D eigenvalue weighted by molar-refractivity contribution is 0.634. The standard InChI is InChI=1S/C14H20N2/c1-6-8-9-11-12(7-2)15-10-13(11)16-14(3,4)5/h6-10,15-16H,1-2H2,3-5H3/b9-8-. The molecule has 16 heavy (non-hydrogen) atoms. The van der Waals surface area contributed by atoms with Gasteiger partial charge >= 0.3 is 0 Å². The number of rotatable bonds is 4. The summed E-state index contributed by atoms with van der Waals surface area (Å²) in [5, 5.41) is 3.45. The number of hydrogen-bond donors (Lipinski definition) is 2. The normalized spacial score (nSPS) is 11.7. The molecular formula is C14H20N2. The van der Waals surface area contributed by atoms with E-state index in [9.17, 15) is 0 Å². The second-order valence-electron chi connectivity index (χ2n) is 4.70. The topological polar surface area (TPSA) is 27.8 Å². The molecular weight excluding hydrogens is 196 g/mol. The Balaban J connectivity index is 3.09. The van der Waals surface area contributed by atoms with E-state index in [2.05, 4.69) is 44.2 Å². The van der Waals surface area contributed by atoms with Crippen LogP contribution in [0.15, 0.2) is 31.5 Å². The van der Waals surface area contributed by atoms with E-state index in [1.165, 1.54) is 0 Å². The van der Waals surface area contributed by atoms with E-state index in [0.717, 1.165) is 16.9 Å². The summed E-state index contributed by atoms with van der Waals surface area (Å²) in [5.74, 6) is 0. The number of anilines is 1. The monoisotopic (exact) mass is 216 g/mol. The van der Waals surface area contributed by atoms with E-state index in [-0.39, 0.29) is 5.54 Å². The molecule has 1 aromatic rings. The second-order valence-corrected chi connectivity index (χ2v) is 4.70. The highest BCUT2D eigenvalue weighted by Crippen LogP contribution is 2.25. The molecule has 0 saturated carbocycles. The minimum atomic E-state index is 0.0391. The van der Waals surface area contributed by atoms with Gasteiger partial charge in [-0.05, 0) is 26.8 Å². The minimum absolute atomic E-state index is 0.0391. The number of allylic oxidation sites excluding steroid dienone is 2. The largest absolute Gasteiger partial charge is 0.379 e. The van der Waals surface area contributed by atoms with Crippen LogP contribution in [0, 0.1) is 0 Å². The van der Waals surface area contributed by atoms with Crippen molar-refractivity contribution in [1.82, 2.24) is 4.98 Å². The fourth-order valence-corrected chi connectivity index (χ4v) is 1.47. The quantitative estimate of drug-likeness (QED) is 0.730. The smallest absolute Gasteiger partial charge is 0.0601 e. The van der Waals surface area contributed by atoms with E-state index in [0.29, 0.717) is 0 Å². The van der Waals surface area contributed by atoms with Crippen molar-refractivity contribution < 1.29 is 0 Å². The van der Waals surface area contributed by atoms with Gasteiger partial charge < -0.3 is 10.3 Å². The number of nitrogens with one attached hydrogen (secondary N) is 2. The lowest BCUT2D eigenvalue weighted by Gasteiger charge is -2.21. The van der Waals surface area contributed by atoms with Crippen LogP contribution in [0.3, 0.4) is 0 Å². The fraction of sp³-hybridized carbons (Fsp3) is 0.286. The van der Waals surface area contributed by atoms with Crippen molar-refractivity contribution in [3.8, 4) is 0 Å². The Hall–Kier alpha value is -1.70. The highest BCUT2D eigenvalue weighted by atomic mass is 15.0. The molecule has 0 bridgehead atoms. The van der Waals surface area contributed by atoms with Gasteiger partial charge in [-0.25, -0.2) is 0 Å². The van der Waals surface area contributed by atoms with E-state index in [1.54, 1.807) is 6.08 Å². The first-order valence-corrected chi connectivity index (χ1v) is 5.39. The van der Waals surface area contributed by atoms with Crippen molar-refractivity contribution >= 4 is 17.8 Å². The van der Waals surface area contributed by atoms with Gasteiger partial charge in [-0.15, -0.1) is 0 Å². The maximum absolute atomic E-state index is 3.79. The van der Waals surface area contributed by atoms with E-state index < -0.39 is 0 Å². The third kappa shape index (κ3) is 3.16. The van der Waals surface area contributed by atoms with E-state index in [1.807, 2.05) is 24.4 Å². The van der Waals surface area contributed by atoms with Gasteiger partial charge in [0.05, 0.1) is 5.69 Å². The molecule has 0 aliphatic heterocycles. The van der Waals surface area contributed by atoms with Crippen LogP contribution in [0.2, 0.25) is 0 Å². The maximum atomic E-state index is 3.79. The Bertz CT molecular complexity index is 403. The SMILES string of the molecule is C=C/C=C\c1c(NC(C)(C)C)c[nH]c1C=C. The molecule has 2 N–H and O–H groups in total. The van der Waals surface area contributed by atoms with Crippen molar-refractivity contribution in [2.75, 3.05) is 5.32 Å². The predicted octanol–water partition coefficient (Wildman–Crippen LogP) is 4.07. The Morgan fingerprint density at radius 1 is 1.31 bits per heavy atom. The highest BCUT2D eigenvalue weighted by molar-refractivity contribution is 5.75. The zero-order valence-electron chi connectivity index (χ0n) is 10.3. The Labute approximate surface area is 97.8 Å². The van der Waals surface area contributed by atoms with E-state index >= 15 is 0 Å². The molecule has 0 aliphatic carbocycles. The number of aromatic nitrogens is 1. The van der Waals surface area contributed by atoms with Gasteiger partial charge in [0.1, 0.15) is 0 Å². The Kier molecular flexibility index (Phi) is 3.78. The minimum Gasteiger partial charge on any atom is -0.379 e. The summed E-state index contributed by atoms with van der Waals surface area (Å²) >= 11 is 0. The molecule has 0 unspecified atom stereocenters. The number of aromatic amines is 1. The molecule has 0 aromatic carbocycles. The van der Waals surface area contributed by atoms with E-state index in [4.69, 9.17) is 0 Å². The molecule has 0 atom stereocenters. The molecule has 2 nitrogen and oxygen atoms in total. The molecule has 2 heteroatoms. The molecule has 1 heterocycles. The molecule has 0 radical (unpaired) electrons. The molecule has 0 amide bonds. The van der Waals surface area contributed by atoms with Crippen molar-refractivity contribution in [2.45, 2.75) is 26.3 Å². The summed E-state index contributed by atoms with van der Waals surface area (Å²) in [4.78, 5) is 3.19. The fourth-order valence-electron chi connectivity index (χ4n) is 1.47. The van der Waals surface area contributed by atoms with Crippen LogP contribution in [-0.4, -0.2) is 10.5 Å². The first-order valence-electron chi connectivity index (χ1n) is 5.39. The van der Waals surface area contributed by atoms with Gasteiger partial charge in [0.25, 0.3) is 0 Å². The third-order valence-corrected chi connectivity index (χ3v) is 2.07. The summed E-state index contributed by atoms with van der Waals surface area (Å²) < 4.78 is 0. The molecule has 0 fully saturated rings. The summed E-state index contributed by atoms with van der Waals surface area (Å²) in [6.45, 7) is 13.9. The number of hydrogen-bond acceptors (Lipinski definition) is 1. The van der Waals surface area contributed by atoms with Crippen molar-refractivity contribution in [3.05, 3.63) is 42.8 Å². The van der Waals surface area contributed by atoms with Gasteiger partial charge in [0.15, 0.2) is 0 Å². The highest BCUT2D eigenvalue weighted by Gasteiger charge is 2.13. The Morgan fingerprint density at radius 3 is 2.50 bits per heavy atom. The van der Waals surface area contributed by atoms with Crippen molar-refractivity contribution in [2.24, 2.45) is 0 Å². The number of H-pyrrole nitrogens is 1. The average molecular weight is 216 g/mol. The summed E-state index contributed by atoms with van der Waals surface area (Å²) in [7, 11) is 0. The van der Waals surface area contributed by atoms with Crippen LogP contribution in [0.4, 0.5) is 5.69 Å². The molecule has 0 spiro atoms. The lowest BCUT2D eigenvalue weighted by Crippen LogP contribution is -2.26. The van der Waals surface area contributed by atoms with Crippen LogP contribution in [0.5, 0.6) is 0 Å².